The SMILES string of the molecule is N#Cc1cccc(C(=O)N2CCCCCCNC(=O)[C@@H]3C[C@@H](c4nc(-c5cnccn5)no4)C[C@@H]32)c1. The summed E-state index contributed by atoms with van der Waals surface area (Å²) in [5.74, 6) is -0.0160. The molecule has 2 aromatic heterocycles. The van der Waals surface area contributed by atoms with Gasteiger partial charge in [0.05, 0.1) is 23.7 Å². The molecule has 2 aliphatic rings. The Morgan fingerprint density at radius 3 is 2.89 bits per heavy atom. The quantitative estimate of drug-likeness (QED) is 0.597. The molecule has 3 heterocycles. The predicted octanol–water partition coefficient (Wildman–Crippen LogP) is 3.09. The fraction of sp³-hybridized carbons (Fsp3) is 0.423. The van der Waals surface area contributed by atoms with Crippen molar-refractivity contribution < 1.29 is 14.1 Å². The van der Waals surface area contributed by atoms with Gasteiger partial charge in [-0.25, -0.2) is 4.98 Å². The third-order valence-electron chi connectivity index (χ3n) is 6.97. The van der Waals surface area contributed by atoms with E-state index in [2.05, 4.69) is 31.5 Å². The van der Waals surface area contributed by atoms with Crippen LogP contribution in [0.25, 0.3) is 11.5 Å². The minimum absolute atomic E-state index is 0.0540. The van der Waals surface area contributed by atoms with Crippen LogP contribution in [0.1, 0.15) is 66.3 Å². The Bertz CT molecular complexity index is 1270. The first-order chi connectivity index (χ1) is 17.6. The lowest BCUT2D eigenvalue weighted by Crippen LogP contribution is -2.47. The summed E-state index contributed by atoms with van der Waals surface area (Å²) < 4.78 is 5.59. The van der Waals surface area contributed by atoms with Crippen LogP contribution in [0.3, 0.4) is 0 Å². The largest absolute Gasteiger partial charge is 0.356 e. The number of carbonyl (C=O) groups is 2. The summed E-state index contributed by atoms with van der Waals surface area (Å²) in [6, 6.07) is 8.50. The third kappa shape index (κ3) is 4.96. The molecule has 184 valence electrons. The third-order valence-corrected chi connectivity index (χ3v) is 6.97. The van der Waals surface area contributed by atoms with Gasteiger partial charge in [-0.15, -0.1) is 0 Å². The number of fused-ring (bicyclic) bond motifs is 1. The maximum absolute atomic E-state index is 13.7. The van der Waals surface area contributed by atoms with Gasteiger partial charge in [-0.3, -0.25) is 14.6 Å². The molecule has 0 unspecified atom stereocenters. The zero-order valence-electron chi connectivity index (χ0n) is 19.8. The van der Waals surface area contributed by atoms with Crippen LogP contribution in [-0.4, -0.2) is 56.0 Å². The molecule has 0 radical (unpaired) electrons. The Morgan fingerprint density at radius 2 is 2.06 bits per heavy atom. The van der Waals surface area contributed by atoms with E-state index in [4.69, 9.17) is 4.52 Å². The van der Waals surface area contributed by atoms with Gasteiger partial charge in [0.1, 0.15) is 5.69 Å². The zero-order chi connectivity index (χ0) is 24.9. The van der Waals surface area contributed by atoms with Crippen LogP contribution in [0.2, 0.25) is 0 Å². The van der Waals surface area contributed by atoms with Crippen molar-refractivity contribution in [1.29, 1.82) is 5.26 Å². The Hall–Kier alpha value is -4.13. The second-order valence-electron chi connectivity index (χ2n) is 9.29. The summed E-state index contributed by atoms with van der Waals surface area (Å²) in [7, 11) is 0. The lowest BCUT2D eigenvalue weighted by Gasteiger charge is -2.32. The number of benzene rings is 1. The maximum atomic E-state index is 13.7. The lowest BCUT2D eigenvalue weighted by atomic mass is 9.99. The van der Waals surface area contributed by atoms with Crippen molar-refractivity contribution in [2.24, 2.45) is 5.92 Å². The molecule has 2 amide bonds. The molecule has 10 nitrogen and oxygen atoms in total. The number of nitrogens with zero attached hydrogens (tertiary/aromatic N) is 6. The molecular weight excluding hydrogens is 458 g/mol. The van der Waals surface area contributed by atoms with Gasteiger partial charge in [-0.2, -0.15) is 10.2 Å². The average Bonchev–Trinajstić information content (AvgIpc) is 3.58. The average molecular weight is 486 g/mol. The van der Waals surface area contributed by atoms with Gasteiger partial charge < -0.3 is 14.7 Å². The minimum Gasteiger partial charge on any atom is -0.356 e. The first-order valence-corrected chi connectivity index (χ1v) is 12.3. The highest BCUT2D eigenvalue weighted by Gasteiger charge is 2.45. The molecule has 1 N–H and O–H groups in total. The monoisotopic (exact) mass is 485 g/mol. The van der Waals surface area contributed by atoms with E-state index in [1.165, 1.54) is 0 Å². The second kappa shape index (κ2) is 10.6. The van der Waals surface area contributed by atoms with Gasteiger partial charge in [0.25, 0.3) is 5.91 Å². The molecule has 5 rings (SSSR count). The summed E-state index contributed by atoms with van der Waals surface area (Å²) in [5, 5.41) is 16.4. The molecule has 1 aliphatic carbocycles. The molecule has 1 aromatic carbocycles. The molecule has 0 spiro atoms. The van der Waals surface area contributed by atoms with Gasteiger partial charge in [0.2, 0.25) is 17.6 Å². The molecular formula is C26H27N7O3. The highest BCUT2D eigenvalue weighted by molar-refractivity contribution is 5.95. The van der Waals surface area contributed by atoms with Crippen LogP contribution >= 0.6 is 0 Å². The summed E-state index contributed by atoms with van der Waals surface area (Å²) >= 11 is 0. The molecule has 0 bridgehead atoms. The van der Waals surface area contributed by atoms with E-state index in [9.17, 15) is 14.9 Å². The van der Waals surface area contributed by atoms with Crippen molar-refractivity contribution in [2.75, 3.05) is 13.1 Å². The van der Waals surface area contributed by atoms with Crippen molar-refractivity contribution in [3.63, 3.8) is 0 Å². The fourth-order valence-electron chi connectivity index (χ4n) is 5.17. The molecule has 3 aromatic rings. The van der Waals surface area contributed by atoms with Crippen LogP contribution in [0, 0.1) is 17.2 Å². The zero-order valence-corrected chi connectivity index (χ0v) is 19.8. The molecule has 1 aliphatic heterocycles. The van der Waals surface area contributed by atoms with Gasteiger partial charge >= 0.3 is 0 Å². The molecule has 1 saturated carbocycles. The molecule has 3 atom stereocenters. The number of nitrogens with one attached hydrogen (secondary N) is 1. The lowest BCUT2D eigenvalue weighted by molar-refractivity contribution is -0.126. The van der Waals surface area contributed by atoms with E-state index in [-0.39, 0.29) is 23.8 Å². The topological polar surface area (TPSA) is 138 Å². The molecule has 10 heteroatoms. The predicted molar refractivity (Wildman–Crippen MR) is 128 cm³/mol. The van der Waals surface area contributed by atoms with Crippen molar-refractivity contribution >= 4 is 11.8 Å². The van der Waals surface area contributed by atoms with Crippen molar-refractivity contribution in [2.45, 2.75) is 50.5 Å². The first kappa shape index (κ1) is 23.6. The summed E-state index contributed by atoms with van der Waals surface area (Å²) in [4.78, 5) is 41.6. The van der Waals surface area contributed by atoms with Crippen LogP contribution in [0.5, 0.6) is 0 Å². The summed E-state index contributed by atoms with van der Waals surface area (Å²) in [6.07, 6.45) is 9.47. The van der Waals surface area contributed by atoms with Crippen molar-refractivity contribution in [3.05, 3.63) is 59.9 Å². The number of carbonyl (C=O) groups excluding carboxylic acids is 2. The van der Waals surface area contributed by atoms with E-state index < -0.39 is 5.92 Å². The number of amides is 2. The molecule has 1 saturated heterocycles. The van der Waals surface area contributed by atoms with E-state index in [1.54, 1.807) is 42.9 Å². The number of aromatic nitrogens is 4. The second-order valence-corrected chi connectivity index (χ2v) is 9.29. The van der Waals surface area contributed by atoms with E-state index in [0.29, 0.717) is 54.5 Å². The van der Waals surface area contributed by atoms with E-state index in [1.807, 2.05) is 4.90 Å². The number of nitriles is 1. The van der Waals surface area contributed by atoms with Crippen molar-refractivity contribution in [3.8, 4) is 17.6 Å². The van der Waals surface area contributed by atoms with Crippen LogP contribution in [-0.2, 0) is 4.79 Å². The number of rotatable bonds is 3. The van der Waals surface area contributed by atoms with Crippen molar-refractivity contribution in [1.82, 2.24) is 30.3 Å². The summed E-state index contributed by atoms with van der Waals surface area (Å²) in [5.41, 5.74) is 1.39. The highest BCUT2D eigenvalue weighted by atomic mass is 16.5. The van der Waals surface area contributed by atoms with Crippen LogP contribution in [0.4, 0.5) is 0 Å². The number of hydrogen-bond donors (Lipinski definition) is 1. The van der Waals surface area contributed by atoms with Gasteiger partial charge in [-0.1, -0.05) is 24.1 Å². The van der Waals surface area contributed by atoms with Gasteiger partial charge in [-0.05, 0) is 43.9 Å². The fourth-order valence-corrected chi connectivity index (χ4v) is 5.17. The Kier molecular flexibility index (Phi) is 6.98. The summed E-state index contributed by atoms with van der Waals surface area (Å²) in [6.45, 7) is 1.17. The first-order valence-electron chi connectivity index (χ1n) is 12.3. The molecule has 36 heavy (non-hydrogen) atoms. The Labute approximate surface area is 208 Å². The maximum Gasteiger partial charge on any atom is 0.254 e. The number of hydrogen-bond acceptors (Lipinski definition) is 8. The van der Waals surface area contributed by atoms with Crippen LogP contribution in [0.15, 0.2) is 47.4 Å². The minimum atomic E-state index is -0.400. The van der Waals surface area contributed by atoms with Crippen LogP contribution < -0.4 is 5.32 Å². The normalized spacial score (nSPS) is 22.7. The smallest absolute Gasteiger partial charge is 0.254 e. The van der Waals surface area contributed by atoms with E-state index in [0.717, 1.165) is 25.7 Å². The molecule has 2 fully saturated rings. The van der Waals surface area contributed by atoms with E-state index >= 15 is 0 Å². The Morgan fingerprint density at radius 1 is 1.17 bits per heavy atom. The van der Waals surface area contributed by atoms with Gasteiger partial charge in [0.15, 0.2) is 0 Å². The Balaban J connectivity index is 1.45. The highest BCUT2D eigenvalue weighted by Crippen LogP contribution is 2.41. The standard InChI is InChI=1S/C26H27N7O3/c27-15-17-6-5-7-18(12-17)26(35)33-11-4-2-1-3-8-30-24(34)20-13-19(14-22(20)33)25-31-23(32-36-25)21-16-28-9-10-29-21/h5-7,9-10,12,16,19-20,22H,1-4,8,11,13-14H2,(H,30,34)/t19-,20-,22+/m1/s1. The van der Waals surface area contributed by atoms with Gasteiger partial charge in [0, 0.05) is 43.0 Å².